The lowest BCUT2D eigenvalue weighted by Crippen LogP contribution is -2.16. The number of alkyl halides is 2. The molecule has 3 rings (SSSR count). The molecular formula is C24H29F3O. The highest BCUT2D eigenvalue weighted by Crippen LogP contribution is 2.44. The molecule has 0 heterocycles. The average molecular weight is 390 g/mol. The van der Waals surface area contributed by atoms with Gasteiger partial charge in [0.05, 0.1) is 0 Å². The summed E-state index contributed by atoms with van der Waals surface area (Å²) in [5.74, 6) is 0.135. The van der Waals surface area contributed by atoms with Crippen LogP contribution in [-0.2, 0) is 6.42 Å². The highest BCUT2D eigenvalue weighted by Gasteiger charge is 2.29. The van der Waals surface area contributed by atoms with Crippen LogP contribution in [0.15, 0.2) is 36.9 Å². The summed E-state index contributed by atoms with van der Waals surface area (Å²) in [6.07, 6.45) is 9.43. The number of aryl methyl sites for hydroxylation is 1. The van der Waals surface area contributed by atoms with Gasteiger partial charge in [-0.1, -0.05) is 37.6 Å². The van der Waals surface area contributed by atoms with Crippen LogP contribution in [0.5, 0.6) is 5.75 Å². The van der Waals surface area contributed by atoms with Gasteiger partial charge < -0.3 is 4.74 Å². The standard InChI is InChI=1S/C24H29F3O/c1-3-5-7-16-8-11-18(12-9-16)22-21(28-24(26)27)15-19-14-17(6-4-2)10-13-20(19)23(22)25/h3,10,13-16,18,24H,1,4-9,11-12H2,2H3. The first-order chi connectivity index (χ1) is 13.5. The Morgan fingerprint density at radius 2 is 1.93 bits per heavy atom. The first kappa shape index (κ1) is 20.8. The monoisotopic (exact) mass is 390 g/mol. The summed E-state index contributed by atoms with van der Waals surface area (Å²) in [6, 6.07) is 7.19. The summed E-state index contributed by atoms with van der Waals surface area (Å²) in [7, 11) is 0. The minimum atomic E-state index is -2.96. The molecule has 0 aliphatic heterocycles. The van der Waals surface area contributed by atoms with Crippen LogP contribution in [0.2, 0.25) is 0 Å². The van der Waals surface area contributed by atoms with Crippen molar-refractivity contribution in [3.05, 3.63) is 53.9 Å². The van der Waals surface area contributed by atoms with Crippen molar-refractivity contribution in [2.45, 2.75) is 70.8 Å². The number of fused-ring (bicyclic) bond motifs is 1. The third-order valence-corrected chi connectivity index (χ3v) is 5.93. The second-order valence-corrected chi connectivity index (χ2v) is 7.87. The van der Waals surface area contributed by atoms with Crippen molar-refractivity contribution in [1.29, 1.82) is 0 Å². The maximum absolute atomic E-state index is 15.4. The summed E-state index contributed by atoms with van der Waals surface area (Å²) < 4.78 is 46.3. The molecular weight excluding hydrogens is 361 g/mol. The van der Waals surface area contributed by atoms with E-state index in [0.717, 1.165) is 56.9 Å². The summed E-state index contributed by atoms with van der Waals surface area (Å²) >= 11 is 0. The van der Waals surface area contributed by atoms with Gasteiger partial charge in [0.25, 0.3) is 0 Å². The second kappa shape index (κ2) is 9.49. The Morgan fingerprint density at radius 1 is 1.18 bits per heavy atom. The van der Waals surface area contributed by atoms with Crippen molar-refractivity contribution in [3.63, 3.8) is 0 Å². The van der Waals surface area contributed by atoms with Gasteiger partial charge in [-0.25, -0.2) is 4.39 Å². The molecule has 1 aliphatic carbocycles. The molecule has 0 spiro atoms. The van der Waals surface area contributed by atoms with Crippen LogP contribution in [0.3, 0.4) is 0 Å². The minimum Gasteiger partial charge on any atom is -0.434 e. The Balaban J connectivity index is 1.94. The van der Waals surface area contributed by atoms with Gasteiger partial charge >= 0.3 is 6.61 Å². The van der Waals surface area contributed by atoms with Gasteiger partial charge in [-0.2, -0.15) is 8.78 Å². The smallest absolute Gasteiger partial charge is 0.387 e. The highest BCUT2D eigenvalue weighted by atomic mass is 19.3. The van der Waals surface area contributed by atoms with E-state index in [2.05, 4.69) is 13.5 Å². The van der Waals surface area contributed by atoms with Crippen molar-refractivity contribution < 1.29 is 17.9 Å². The lowest BCUT2D eigenvalue weighted by molar-refractivity contribution is -0.0508. The Hall–Kier alpha value is -1.97. The zero-order chi connectivity index (χ0) is 20.1. The molecule has 1 nitrogen and oxygen atoms in total. The van der Waals surface area contributed by atoms with Gasteiger partial charge in [0, 0.05) is 10.9 Å². The fourth-order valence-corrected chi connectivity index (χ4v) is 4.52. The lowest BCUT2D eigenvalue weighted by Gasteiger charge is -2.30. The lowest BCUT2D eigenvalue weighted by atomic mass is 9.76. The van der Waals surface area contributed by atoms with E-state index in [0.29, 0.717) is 22.3 Å². The quantitative estimate of drug-likeness (QED) is 0.418. The van der Waals surface area contributed by atoms with Crippen molar-refractivity contribution >= 4 is 10.8 Å². The largest absolute Gasteiger partial charge is 0.434 e. The highest BCUT2D eigenvalue weighted by molar-refractivity contribution is 5.86. The first-order valence-electron chi connectivity index (χ1n) is 10.3. The first-order valence-corrected chi connectivity index (χ1v) is 10.3. The maximum Gasteiger partial charge on any atom is 0.387 e. The second-order valence-electron chi connectivity index (χ2n) is 7.87. The molecule has 1 aliphatic rings. The molecule has 0 amide bonds. The van der Waals surface area contributed by atoms with E-state index in [4.69, 9.17) is 4.74 Å². The van der Waals surface area contributed by atoms with Gasteiger partial charge in [-0.05, 0) is 73.8 Å². The van der Waals surface area contributed by atoms with Crippen molar-refractivity contribution in [2.24, 2.45) is 5.92 Å². The predicted octanol–water partition coefficient (Wildman–Crippen LogP) is 7.77. The van der Waals surface area contributed by atoms with Crippen LogP contribution >= 0.6 is 0 Å². The molecule has 0 radical (unpaired) electrons. The molecule has 28 heavy (non-hydrogen) atoms. The van der Waals surface area contributed by atoms with Crippen molar-refractivity contribution in [3.8, 4) is 5.75 Å². The van der Waals surface area contributed by atoms with Crippen LogP contribution in [0.1, 0.15) is 68.9 Å². The van der Waals surface area contributed by atoms with Gasteiger partial charge in [0.15, 0.2) is 0 Å². The number of benzene rings is 2. The third-order valence-electron chi connectivity index (χ3n) is 5.93. The molecule has 1 saturated carbocycles. The van der Waals surface area contributed by atoms with Crippen LogP contribution < -0.4 is 4.74 Å². The summed E-state index contributed by atoms with van der Waals surface area (Å²) in [5, 5.41) is 1.12. The van der Waals surface area contributed by atoms with Crippen LogP contribution in [0, 0.1) is 11.7 Å². The zero-order valence-electron chi connectivity index (χ0n) is 16.5. The Morgan fingerprint density at radius 3 is 2.57 bits per heavy atom. The SMILES string of the molecule is C=CCCC1CCC(c2c(OC(F)F)cc3cc(CCC)ccc3c2F)CC1. The molecule has 2 aromatic rings. The van der Waals surface area contributed by atoms with Crippen LogP contribution in [0.4, 0.5) is 13.2 Å². The van der Waals surface area contributed by atoms with E-state index in [9.17, 15) is 8.78 Å². The van der Waals surface area contributed by atoms with Gasteiger partial charge in [-0.15, -0.1) is 6.58 Å². The van der Waals surface area contributed by atoms with Crippen LogP contribution in [0.25, 0.3) is 10.8 Å². The average Bonchev–Trinajstić information content (AvgIpc) is 2.67. The fourth-order valence-electron chi connectivity index (χ4n) is 4.52. The maximum atomic E-state index is 15.4. The summed E-state index contributed by atoms with van der Waals surface area (Å²) in [4.78, 5) is 0. The number of ether oxygens (including phenoxy) is 1. The molecule has 4 heteroatoms. The number of allylic oxidation sites excluding steroid dienone is 1. The summed E-state index contributed by atoms with van der Waals surface area (Å²) in [5.41, 5.74) is 1.41. The number of halogens is 3. The van der Waals surface area contributed by atoms with Crippen molar-refractivity contribution in [1.82, 2.24) is 0 Å². The Labute approximate surface area is 165 Å². The van der Waals surface area contributed by atoms with E-state index >= 15 is 4.39 Å². The van der Waals surface area contributed by atoms with Crippen molar-refractivity contribution in [2.75, 3.05) is 0 Å². The van der Waals surface area contributed by atoms with Crippen LogP contribution in [-0.4, -0.2) is 6.61 Å². The van der Waals surface area contributed by atoms with E-state index in [1.807, 2.05) is 18.2 Å². The van der Waals surface area contributed by atoms with E-state index in [1.165, 1.54) is 0 Å². The summed E-state index contributed by atoms with van der Waals surface area (Å²) in [6.45, 7) is 2.88. The molecule has 0 saturated heterocycles. The van der Waals surface area contributed by atoms with Gasteiger partial charge in [-0.3, -0.25) is 0 Å². The zero-order valence-corrected chi connectivity index (χ0v) is 16.5. The fraction of sp³-hybridized carbons (Fsp3) is 0.500. The topological polar surface area (TPSA) is 9.23 Å². The number of hydrogen-bond acceptors (Lipinski definition) is 1. The van der Waals surface area contributed by atoms with E-state index in [1.54, 1.807) is 12.1 Å². The molecule has 0 unspecified atom stereocenters. The molecule has 0 bridgehead atoms. The van der Waals surface area contributed by atoms with Gasteiger partial charge in [0.2, 0.25) is 0 Å². The normalized spacial score (nSPS) is 19.9. The molecule has 0 aromatic heterocycles. The molecule has 152 valence electrons. The third kappa shape index (κ3) is 4.71. The minimum absolute atomic E-state index is 0.00295. The number of rotatable bonds is 8. The molecule has 2 aromatic carbocycles. The molecule has 0 N–H and O–H groups in total. The predicted molar refractivity (Wildman–Crippen MR) is 109 cm³/mol. The Kier molecular flexibility index (Phi) is 7.03. The van der Waals surface area contributed by atoms with E-state index < -0.39 is 12.4 Å². The van der Waals surface area contributed by atoms with Gasteiger partial charge in [0.1, 0.15) is 11.6 Å². The Bertz CT molecular complexity index is 807. The molecule has 0 atom stereocenters. The molecule has 1 fully saturated rings. The van der Waals surface area contributed by atoms with E-state index in [-0.39, 0.29) is 11.7 Å². The number of hydrogen-bond donors (Lipinski definition) is 0.